The van der Waals surface area contributed by atoms with E-state index in [9.17, 15) is 4.79 Å². The maximum absolute atomic E-state index is 11.7. The van der Waals surface area contributed by atoms with Crippen molar-refractivity contribution < 1.29 is 14.1 Å². The van der Waals surface area contributed by atoms with Crippen LogP contribution in [0.1, 0.15) is 51.0 Å². The summed E-state index contributed by atoms with van der Waals surface area (Å²) in [5, 5.41) is 13.1. The second-order valence-corrected chi connectivity index (χ2v) is 5.62. The van der Waals surface area contributed by atoms with Gasteiger partial charge in [-0.15, -0.1) is 0 Å². The number of aromatic nitrogens is 1. The van der Waals surface area contributed by atoms with Gasteiger partial charge in [-0.2, -0.15) is 0 Å². The van der Waals surface area contributed by atoms with Gasteiger partial charge in [0.2, 0.25) is 5.91 Å². The van der Waals surface area contributed by atoms with Crippen LogP contribution in [0.5, 0.6) is 0 Å². The van der Waals surface area contributed by atoms with Crippen molar-refractivity contribution in [2.45, 2.75) is 46.1 Å². The predicted octanol–water partition coefficient (Wildman–Crippen LogP) is 1.40. The summed E-state index contributed by atoms with van der Waals surface area (Å²) in [6, 6.07) is 1.98. The molecule has 25 heavy (non-hydrogen) atoms. The summed E-state index contributed by atoms with van der Waals surface area (Å²) in [6.07, 6.45) is 2.08. The largest absolute Gasteiger partial charge is 0.383 e. The molecule has 0 saturated heterocycles. The Balaban J connectivity index is 2.51. The summed E-state index contributed by atoms with van der Waals surface area (Å²) in [5.74, 6) is 1.59. The second-order valence-electron chi connectivity index (χ2n) is 5.62. The number of ether oxygens (including phenoxy) is 1. The first kappa shape index (κ1) is 21.0. The minimum absolute atomic E-state index is 0.0500. The van der Waals surface area contributed by atoms with Crippen molar-refractivity contribution in [1.82, 2.24) is 21.1 Å². The van der Waals surface area contributed by atoms with Gasteiger partial charge in [0, 0.05) is 32.2 Å². The Labute approximate surface area is 149 Å². The van der Waals surface area contributed by atoms with E-state index in [1.165, 1.54) is 0 Å². The molecule has 0 fully saturated rings. The number of nitrogens with one attached hydrogen (secondary N) is 3. The Morgan fingerprint density at radius 3 is 2.68 bits per heavy atom. The van der Waals surface area contributed by atoms with Crippen LogP contribution < -0.4 is 16.0 Å². The van der Waals surface area contributed by atoms with E-state index in [0.29, 0.717) is 38.1 Å². The predicted molar refractivity (Wildman–Crippen MR) is 97.5 cm³/mol. The van der Waals surface area contributed by atoms with Gasteiger partial charge in [-0.1, -0.05) is 19.0 Å². The van der Waals surface area contributed by atoms with Crippen molar-refractivity contribution in [3.8, 4) is 0 Å². The highest BCUT2D eigenvalue weighted by Crippen LogP contribution is 2.22. The van der Waals surface area contributed by atoms with Gasteiger partial charge in [0.1, 0.15) is 6.54 Å². The molecule has 0 radical (unpaired) electrons. The smallest absolute Gasteiger partial charge is 0.241 e. The van der Waals surface area contributed by atoms with Crippen LogP contribution in [-0.2, 0) is 16.1 Å². The molecule has 8 nitrogen and oxygen atoms in total. The zero-order valence-electron chi connectivity index (χ0n) is 15.7. The topological polar surface area (TPSA) is 101 Å². The summed E-state index contributed by atoms with van der Waals surface area (Å²) in [6.45, 7) is 8.44. The standard InChI is InChI=1S/C17H31N5O3/c1-5-13(6-2)15-10-14(25-22-15)11-20-17(18-7-3)21-12-16(23)19-8-9-24-4/h10,13H,5-9,11-12H2,1-4H3,(H,19,23)(H2,18,20,21). The number of amides is 1. The Morgan fingerprint density at radius 1 is 1.28 bits per heavy atom. The van der Waals surface area contributed by atoms with Crippen molar-refractivity contribution in [3.05, 3.63) is 17.5 Å². The molecule has 0 aliphatic heterocycles. The van der Waals surface area contributed by atoms with Crippen LogP contribution in [0.4, 0.5) is 0 Å². The van der Waals surface area contributed by atoms with Gasteiger partial charge in [0.25, 0.3) is 0 Å². The highest BCUT2D eigenvalue weighted by atomic mass is 16.5. The van der Waals surface area contributed by atoms with E-state index in [0.717, 1.165) is 24.3 Å². The highest BCUT2D eigenvalue weighted by molar-refractivity contribution is 5.84. The molecule has 0 aliphatic carbocycles. The number of methoxy groups -OCH3 is 1. The number of hydrogen-bond donors (Lipinski definition) is 3. The summed E-state index contributed by atoms with van der Waals surface area (Å²) in [5.41, 5.74) is 0.987. The lowest BCUT2D eigenvalue weighted by Crippen LogP contribution is -2.38. The number of rotatable bonds is 11. The third-order valence-corrected chi connectivity index (χ3v) is 3.76. The first-order valence-electron chi connectivity index (χ1n) is 8.87. The van der Waals surface area contributed by atoms with E-state index < -0.39 is 0 Å². The molecule has 8 heteroatoms. The lowest BCUT2D eigenvalue weighted by molar-refractivity contribution is -0.119. The monoisotopic (exact) mass is 353 g/mol. The molecule has 1 aromatic heterocycles. The molecule has 1 rings (SSSR count). The molecule has 142 valence electrons. The molecule has 3 N–H and O–H groups in total. The minimum atomic E-state index is -0.148. The van der Waals surface area contributed by atoms with Crippen molar-refractivity contribution in [1.29, 1.82) is 0 Å². The molecule has 0 aliphatic rings. The number of nitrogens with zero attached hydrogens (tertiary/aromatic N) is 2. The fraction of sp³-hybridized carbons (Fsp3) is 0.706. The van der Waals surface area contributed by atoms with Gasteiger partial charge < -0.3 is 25.2 Å². The Bertz CT molecular complexity index is 526. The van der Waals surface area contributed by atoms with E-state index in [1.807, 2.05) is 13.0 Å². The van der Waals surface area contributed by atoms with Gasteiger partial charge in [0.15, 0.2) is 11.7 Å². The average molecular weight is 353 g/mol. The number of aliphatic imine (C=N–C) groups is 1. The van der Waals surface area contributed by atoms with Crippen molar-refractivity contribution in [2.24, 2.45) is 4.99 Å². The van der Waals surface area contributed by atoms with Crippen LogP contribution in [-0.4, -0.2) is 50.4 Å². The minimum Gasteiger partial charge on any atom is -0.383 e. The molecule has 0 saturated carbocycles. The average Bonchev–Trinajstić information content (AvgIpc) is 3.07. The molecule has 0 bridgehead atoms. The number of guanidine groups is 1. The fourth-order valence-corrected chi connectivity index (χ4v) is 2.32. The van der Waals surface area contributed by atoms with Crippen LogP contribution in [0.25, 0.3) is 0 Å². The Hall–Kier alpha value is -2.09. The molecule has 1 aromatic rings. The quantitative estimate of drug-likeness (QED) is 0.316. The lowest BCUT2D eigenvalue weighted by Gasteiger charge is -2.10. The molecule has 1 amide bonds. The number of carbonyl (C=O) groups excluding carboxylic acids is 1. The second kappa shape index (κ2) is 12.3. The number of hydrogen-bond acceptors (Lipinski definition) is 5. The van der Waals surface area contributed by atoms with Crippen molar-refractivity contribution >= 4 is 11.9 Å². The molecule has 0 aromatic carbocycles. The molecule has 0 atom stereocenters. The molecule has 0 spiro atoms. The zero-order chi connectivity index (χ0) is 18.5. The van der Waals surface area contributed by atoms with Crippen LogP contribution in [0.3, 0.4) is 0 Å². The Morgan fingerprint density at radius 2 is 2.04 bits per heavy atom. The third kappa shape index (κ3) is 8.02. The third-order valence-electron chi connectivity index (χ3n) is 3.76. The van der Waals surface area contributed by atoms with E-state index >= 15 is 0 Å². The van der Waals surface area contributed by atoms with Crippen LogP contribution in [0, 0.1) is 0 Å². The number of carbonyl (C=O) groups is 1. The van der Waals surface area contributed by atoms with Crippen LogP contribution in [0.15, 0.2) is 15.6 Å². The summed E-state index contributed by atoms with van der Waals surface area (Å²) < 4.78 is 10.3. The van der Waals surface area contributed by atoms with Gasteiger partial charge >= 0.3 is 0 Å². The van der Waals surface area contributed by atoms with Crippen LogP contribution in [0.2, 0.25) is 0 Å². The summed E-state index contributed by atoms with van der Waals surface area (Å²) >= 11 is 0. The van der Waals surface area contributed by atoms with E-state index in [-0.39, 0.29) is 12.5 Å². The maximum Gasteiger partial charge on any atom is 0.241 e. The molecular weight excluding hydrogens is 322 g/mol. The maximum atomic E-state index is 11.7. The zero-order valence-corrected chi connectivity index (χ0v) is 15.7. The first-order chi connectivity index (χ1) is 12.1. The van der Waals surface area contributed by atoms with Crippen LogP contribution >= 0.6 is 0 Å². The van der Waals surface area contributed by atoms with Crippen molar-refractivity contribution in [3.63, 3.8) is 0 Å². The normalized spacial score (nSPS) is 11.6. The van der Waals surface area contributed by atoms with Gasteiger partial charge in [-0.05, 0) is 19.8 Å². The van der Waals surface area contributed by atoms with E-state index in [2.05, 4.69) is 39.9 Å². The fourth-order valence-electron chi connectivity index (χ4n) is 2.32. The summed E-state index contributed by atoms with van der Waals surface area (Å²) in [7, 11) is 1.59. The summed E-state index contributed by atoms with van der Waals surface area (Å²) in [4.78, 5) is 15.9. The van der Waals surface area contributed by atoms with E-state index in [1.54, 1.807) is 7.11 Å². The van der Waals surface area contributed by atoms with Gasteiger partial charge in [-0.3, -0.25) is 4.79 Å². The molecule has 0 unspecified atom stereocenters. The van der Waals surface area contributed by atoms with Gasteiger partial charge in [-0.25, -0.2) is 4.99 Å². The first-order valence-corrected chi connectivity index (χ1v) is 8.87. The Kier molecular flexibility index (Phi) is 10.3. The highest BCUT2D eigenvalue weighted by Gasteiger charge is 2.13. The molecular formula is C17H31N5O3. The SMILES string of the molecule is CCNC(=NCC(=O)NCCOC)NCc1cc(C(CC)CC)no1. The van der Waals surface area contributed by atoms with Gasteiger partial charge in [0.05, 0.1) is 18.8 Å². The lowest BCUT2D eigenvalue weighted by atomic mass is 9.99. The van der Waals surface area contributed by atoms with E-state index in [4.69, 9.17) is 9.26 Å². The van der Waals surface area contributed by atoms with Crippen molar-refractivity contribution in [2.75, 3.05) is 33.4 Å². The molecule has 1 heterocycles.